The van der Waals surface area contributed by atoms with Gasteiger partial charge in [-0.15, -0.1) is 0 Å². The summed E-state index contributed by atoms with van der Waals surface area (Å²) < 4.78 is 5.11. The smallest absolute Gasteiger partial charge is 0.263 e. The number of benzene rings is 2. The second-order valence-corrected chi connectivity index (χ2v) is 7.75. The van der Waals surface area contributed by atoms with Gasteiger partial charge in [-0.25, -0.2) is 4.90 Å². The van der Waals surface area contributed by atoms with E-state index >= 15 is 0 Å². The summed E-state index contributed by atoms with van der Waals surface area (Å²) in [4.78, 5) is 39.5. The van der Waals surface area contributed by atoms with Crippen LogP contribution in [0.15, 0.2) is 46.7 Å². The van der Waals surface area contributed by atoms with E-state index in [0.717, 1.165) is 16.0 Å². The molecule has 31 heavy (non-hydrogen) atoms. The summed E-state index contributed by atoms with van der Waals surface area (Å²) in [6, 6.07) is 8.34. The summed E-state index contributed by atoms with van der Waals surface area (Å²) in [5, 5.41) is 12.2. The predicted molar refractivity (Wildman–Crippen MR) is 114 cm³/mol. The molecule has 1 fully saturated rings. The maximum absolute atomic E-state index is 13.1. The molecule has 3 amide bonds. The fraction of sp³-hybridized carbons (Fsp3) is 0.286. The van der Waals surface area contributed by atoms with Crippen molar-refractivity contribution in [3.8, 4) is 5.75 Å². The van der Waals surface area contributed by atoms with Crippen LogP contribution < -0.4 is 15.0 Å². The minimum Gasteiger partial charge on any atom is -0.495 e. The first-order chi connectivity index (χ1) is 14.8. The molecule has 0 bridgehead atoms. The number of hydrogen-bond donors (Lipinski definition) is 1. The van der Waals surface area contributed by atoms with Crippen LogP contribution in [0.5, 0.6) is 5.75 Å². The number of nitrogens with one attached hydrogen (secondary N) is 1. The van der Waals surface area contributed by atoms with Gasteiger partial charge in [-0.2, -0.15) is 5.11 Å². The van der Waals surface area contributed by atoms with Crippen LogP contribution in [0.4, 0.5) is 11.4 Å². The monoisotopic (exact) mass is 441 g/mol. The van der Waals surface area contributed by atoms with Crippen LogP contribution in [0.25, 0.3) is 0 Å². The molecule has 4 rings (SSSR count). The normalized spacial score (nSPS) is 19.7. The SMILES string of the molecule is COc1ccc(N2C(=O)[C@H]3N=NN(CC(=O)Nc4c(C)cccc4C)[C@@H]3C2=O)cc1Cl. The highest BCUT2D eigenvalue weighted by Gasteiger charge is 2.55. The molecule has 2 aliphatic rings. The van der Waals surface area contributed by atoms with Gasteiger partial charge in [0.15, 0.2) is 12.1 Å². The summed E-state index contributed by atoms with van der Waals surface area (Å²) in [6.45, 7) is 3.57. The second-order valence-electron chi connectivity index (χ2n) is 7.34. The van der Waals surface area contributed by atoms with Crippen molar-refractivity contribution in [1.29, 1.82) is 0 Å². The standard InChI is InChI=1S/C21H20ClN5O4/c1-11-5-4-6-12(2)17(11)23-16(28)10-26-19-18(24-25-26)20(29)27(21(19)30)13-7-8-15(31-3)14(22)9-13/h4-9,18-19H,10H2,1-3H3,(H,23,28)/t18-,19-/m0/s1. The van der Waals surface area contributed by atoms with Gasteiger partial charge in [0.2, 0.25) is 5.91 Å². The zero-order valence-electron chi connectivity index (χ0n) is 17.1. The number of amides is 3. The zero-order valence-corrected chi connectivity index (χ0v) is 17.9. The van der Waals surface area contributed by atoms with E-state index < -0.39 is 23.9 Å². The largest absolute Gasteiger partial charge is 0.495 e. The molecule has 0 radical (unpaired) electrons. The summed E-state index contributed by atoms with van der Waals surface area (Å²) in [5.41, 5.74) is 2.86. The van der Waals surface area contributed by atoms with Gasteiger partial charge in [0.1, 0.15) is 12.3 Å². The number of para-hydroxylation sites is 1. The van der Waals surface area contributed by atoms with Crippen molar-refractivity contribution in [2.75, 3.05) is 23.9 Å². The number of aryl methyl sites for hydroxylation is 2. The molecule has 2 aromatic carbocycles. The predicted octanol–water partition coefficient (Wildman–Crippen LogP) is 2.90. The molecule has 9 nitrogen and oxygen atoms in total. The molecule has 2 aromatic rings. The lowest BCUT2D eigenvalue weighted by Gasteiger charge is -2.21. The maximum Gasteiger partial charge on any atom is 0.263 e. The summed E-state index contributed by atoms with van der Waals surface area (Å²) in [7, 11) is 1.47. The molecule has 1 saturated heterocycles. The molecule has 2 aliphatic heterocycles. The van der Waals surface area contributed by atoms with E-state index in [4.69, 9.17) is 16.3 Å². The number of carbonyl (C=O) groups is 3. The van der Waals surface area contributed by atoms with Gasteiger partial charge in [0.05, 0.1) is 17.8 Å². The highest BCUT2D eigenvalue weighted by Crippen LogP contribution is 2.35. The van der Waals surface area contributed by atoms with Crippen LogP contribution in [-0.2, 0) is 14.4 Å². The minimum atomic E-state index is -0.999. The van der Waals surface area contributed by atoms with Gasteiger partial charge >= 0.3 is 0 Å². The lowest BCUT2D eigenvalue weighted by molar-refractivity contribution is -0.123. The van der Waals surface area contributed by atoms with Crippen LogP contribution in [0.1, 0.15) is 11.1 Å². The first-order valence-corrected chi connectivity index (χ1v) is 9.94. The fourth-order valence-electron chi connectivity index (χ4n) is 3.74. The van der Waals surface area contributed by atoms with Crippen LogP contribution in [0.3, 0.4) is 0 Å². The molecule has 0 aliphatic carbocycles. The summed E-state index contributed by atoms with van der Waals surface area (Å²) in [5.74, 6) is -0.962. The average molecular weight is 442 g/mol. The van der Waals surface area contributed by atoms with Crippen molar-refractivity contribution in [1.82, 2.24) is 5.01 Å². The van der Waals surface area contributed by atoms with Gasteiger partial charge in [-0.05, 0) is 43.2 Å². The highest BCUT2D eigenvalue weighted by atomic mass is 35.5. The third-order valence-corrected chi connectivity index (χ3v) is 5.60. The van der Waals surface area contributed by atoms with Crippen molar-refractivity contribution in [3.63, 3.8) is 0 Å². The first-order valence-electron chi connectivity index (χ1n) is 9.56. The van der Waals surface area contributed by atoms with E-state index in [9.17, 15) is 14.4 Å². The van der Waals surface area contributed by atoms with E-state index in [0.29, 0.717) is 17.1 Å². The molecule has 1 N–H and O–H groups in total. The van der Waals surface area contributed by atoms with Crippen LogP contribution in [0, 0.1) is 13.8 Å². The number of fused-ring (bicyclic) bond motifs is 1. The van der Waals surface area contributed by atoms with E-state index in [1.807, 2.05) is 32.0 Å². The number of nitrogens with zero attached hydrogens (tertiary/aromatic N) is 4. The average Bonchev–Trinajstić information content (AvgIpc) is 3.24. The summed E-state index contributed by atoms with van der Waals surface area (Å²) >= 11 is 6.14. The quantitative estimate of drug-likeness (QED) is 0.718. The van der Waals surface area contributed by atoms with Gasteiger partial charge in [-0.3, -0.25) is 19.4 Å². The van der Waals surface area contributed by atoms with Crippen molar-refractivity contribution in [2.45, 2.75) is 25.9 Å². The van der Waals surface area contributed by atoms with E-state index in [1.165, 1.54) is 18.2 Å². The molecular weight excluding hydrogens is 422 g/mol. The highest BCUT2D eigenvalue weighted by molar-refractivity contribution is 6.33. The third kappa shape index (κ3) is 3.61. The lowest BCUT2D eigenvalue weighted by atomic mass is 10.1. The molecular formula is C21H20ClN5O4. The summed E-state index contributed by atoms with van der Waals surface area (Å²) in [6.07, 6.45) is 0. The van der Waals surface area contributed by atoms with Crippen LogP contribution in [-0.4, -0.2) is 48.5 Å². The number of halogens is 1. The molecule has 0 saturated carbocycles. The Morgan fingerprint density at radius 2 is 1.87 bits per heavy atom. The number of imide groups is 1. The van der Waals surface area contributed by atoms with Crippen molar-refractivity contribution < 1.29 is 19.1 Å². The van der Waals surface area contributed by atoms with E-state index in [-0.39, 0.29) is 17.5 Å². The van der Waals surface area contributed by atoms with E-state index in [1.54, 1.807) is 12.1 Å². The third-order valence-electron chi connectivity index (χ3n) is 5.30. The van der Waals surface area contributed by atoms with Crippen molar-refractivity contribution in [2.24, 2.45) is 10.3 Å². The second kappa shape index (κ2) is 7.99. The molecule has 2 atom stereocenters. The lowest BCUT2D eigenvalue weighted by Crippen LogP contribution is -2.43. The van der Waals surface area contributed by atoms with Gasteiger partial charge in [0.25, 0.3) is 11.8 Å². The Kier molecular flexibility index (Phi) is 5.36. The molecule has 0 unspecified atom stereocenters. The minimum absolute atomic E-state index is 0.214. The van der Waals surface area contributed by atoms with Gasteiger partial charge < -0.3 is 10.1 Å². The van der Waals surface area contributed by atoms with E-state index in [2.05, 4.69) is 15.7 Å². The number of carbonyl (C=O) groups excluding carboxylic acids is 3. The maximum atomic E-state index is 13.1. The number of anilines is 2. The van der Waals surface area contributed by atoms with Crippen molar-refractivity contribution >= 4 is 40.7 Å². The number of hydrogen-bond acceptors (Lipinski definition) is 7. The number of methoxy groups -OCH3 is 1. The Hall–Kier alpha value is -3.46. The fourth-order valence-corrected chi connectivity index (χ4v) is 3.99. The number of rotatable bonds is 5. The molecule has 0 aromatic heterocycles. The number of ether oxygens (including phenoxy) is 1. The molecule has 160 valence electrons. The van der Waals surface area contributed by atoms with Gasteiger partial charge in [0, 0.05) is 5.69 Å². The Balaban J connectivity index is 1.52. The Bertz CT molecular complexity index is 1100. The first kappa shape index (κ1) is 20.8. The Morgan fingerprint density at radius 1 is 1.16 bits per heavy atom. The molecule has 2 heterocycles. The topological polar surface area (TPSA) is 104 Å². The van der Waals surface area contributed by atoms with Crippen molar-refractivity contribution in [3.05, 3.63) is 52.5 Å². The Morgan fingerprint density at radius 3 is 2.52 bits per heavy atom. The molecule has 10 heteroatoms. The van der Waals surface area contributed by atoms with Crippen LogP contribution in [0.2, 0.25) is 5.02 Å². The molecule has 0 spiro atoms. The Labute approximate surface area is 183 Å². The zero-order chi connectivity index (χ0) is 22.3. The van der Waals surface area contributed by atoms with Crippen LogP contribution >= 0.6 is 11.6 Å². The van der Waals surface area contributed by atoms with Gasteiger partial charge in [-0.1, -0.05) is 35.0 Å².